The predicted octanol–water partition coefficient (Wildman–Crippen LogP) is 1.98. The summed E-state index contributed by atoms with van der Waals surface area (Å²) in [4.78, 5) is 29.2. The number of nitrogens with one attached hydrogen (secondary N) is 1. The molecule has 8 nitrogen and oxygen atoms in total. The first-order valence-corrected chi connectivity index (χ1v) is 9.40. The normalized spacial score (nSPS) is 19.5. The molecule has 1 unspecified atom stereocenters. The molecule has 0 bridgehead atoms. The zero-order valence-corrected chi connectivity index (χ0v) is 16.6. The van der Waals surface area contributed by atoms with Crippen molar-refractivity contribution in [3.63, 3.8) is 0 Å². The number of piperazine rings is 1. The average molecular weight is 410 g/mol. The van der Waals surface area contributed by atoms with E-state index in [0.717, 1.165) is 0 Å². The van der Waals surface area contributed by atoms with Gasteiger partial charge in [0.15, 0.2) is 0 Å². The summed E-state index contributed by atoms with van der Waals surface area (Å²) in [6.45, 7) is 4.42. The monoisotopic (exact) mass is 410 g/mol. The molecule has 2 fully saturated rings. The Morgan fingerprint density at radius 1 is 1.36 bits per heavy atom. The van der Waals surface area contributed by atoms with Crippen LogP contribution >= 0.6 is 12.2 Å². The maximum Gasteiger partial charge on any atom is 0.414 e. The van der Waals surface area contributed by atoms with E-state index in [0.29, 0.717) is 55.6 Å². The van der Waals surface area contributed by atoms with Gasteiger partial charge in [-0.2, -0.15) is 0 Å². The van der Waals surface area contributed by atoms with Gasteiger partial charge < -0.3 is 24.6 Å². The molecule has 0 aromatic heterocycles. The summed E-state index contributed by atoms with van der Waals surface area (Å²) in [5, 5.41) is 2.97. The first kappa shape index (κ1) is 20.1. The van der Waals surface area contributed by atoms with Crippen molar-refractivity contribution in [1.82, 2.24) is 10.2 Å². The minimum Gasteiger partial charge on any atom is -0.453 e. The summed E-state index contributed by atoms with van der Waals surface area (Å²) in [6, 6.07) is 4.69. The van der Waals surface area contributed by atoms with Crippen LogP contribution in [0.4, 0.5) is 25.4 Å². The summed E-state index contributed by atoms with van der Waals surface area (Å²) in [5.41, 5.74) is 0.886. The third kappa shape index (κ3) is 4.44. The van der Waals surface area contributed by atoms with Crippen molar-refractivity contribution in [3.8, 4) is 0 Å². The second kappa shape index (κ2) is 8.59. The molecule has 2 saturated heterocycles. The highest BCUT2D eigenvalue weighted by atomic mass is 32.1. The zero-order valence-electron chi connectivity index (χ0n) is 15.8. The predicted molar refractivity (Wildman–Crippen MR) is 106 cm³/mol. The summed E-state index contributed by atoms with van der Waals surface area (Å²) < 4.78 is 24.7. The fourth-order valence-electron chi connectivity index (χ4n) is 3.28. The van der Waals surface area contributed by atoms with Gasteiger partial charge in [-0.1, -0.05) is 12.2 Å². The molecule has 1 N–H and O–H groups in total. The van der Waals surface area contributed by atoms with E-state index in [1.165, 1.54) is 18.1 Å². The number of carbonyl (C=O) groups excluding carboxylic acids is 2. The Hall–Kier alpha value is -2.62. The standard InChI is InChI=1S/C18H23FN4O4S/c1-12(28)20-10-14-11-23(18(25)27-14)13-3-4-16(15(19)9-13)21-5-7-22(8-6-21)17(24)26-2/h3-4,9,14H,5-8,10-11H2,1-2H3,(H,20,28). The number of halogens is 1. The van der Waals surface area contributed by atoms with Crippen LogP contribution in [0.1, 0.15) is 6.92 Å². The lowest BCUT2D eigenvalue weighted by Crippen LogP contribution is -2.49. The molecule has 2 heterocycles. The Bertz CT molecular complexity index is 770. The van der Waals surface area contributed by atoms with Crippen molar-refractivity contribution in [2.45, 2.75) is 13.0 Å². The number of nitrogens with zero attached hydrogens (tertiary/aromatic N) is 3. The zero-order chi connectivity index (χ0) is 20.3. The fraction of sp³-hybridized carbons (Fsp3) is 0.500. The number of carbonyl (C=O) groups is 2. The van der Waals surface area contributed by atoms with Crippen molar-refractivity contribution in [2.24, 2.45) is 0 Å². The van der Waals surface area contributed by atoms with Crippen LogP contribution < -0.4 is 15.1 Å². The number of thiocarbonyl (C=S) groups is 1. The van der Waals surface area contributed by atoms with E-state index in [1.54, 1.807) is 24.0 Å². The van der Waals surface area contributed by atoms with E-state index in [4.69, 9.17) is 21.7 Å². The van der Waals surface area contributed by atoms with Crippen molar-refractivity contribution < 1.29 is 23.5 Å². The number of anilines is 2. The molecule has 2 aliphatic rings. The van der Waals surface area contributed by atoms with Gasteiger partial charge >= 0.3 is 12.2 Å². The van der Waals surface area contributed by atoms with Gasteiger partial charge in [-0.25, -0.2) is 14.0 Å². The summed E-state index contributed by atoms with van der Waals surface area (Å²) in [7, 11) is 1.34. The lowest BCUT2D eigenvalue weighted by atomic mass is 10.2. The molecule has 2 amide bonds. The number of ether oxygens (including phenoxy) is 2. The summed E-state index contributed by atoms with van der Waals surface area (Å²) in [5.74, 6) is -0.423. The maximum atomic E-state index is 14.7. The molecular formula is C18H23FN4O4S. The van der Waals surface area contributed by atoms with Gasteiger partial charge in [-0.3, -0.25) is 4.90 Å². The summed E-state index contributed by atoms with van der Waals surface area (Å²) >= 11 is 4.96. The van der Waals surface area contributed by atoms with Crippen LogP contribution in [0.2, 0.25) is 0 Å². The average Bonchev–Trinajstić information content (AvgIpc) is 3.06. The van der Waals surface area contributed by atoms with E-state index in [-0.39, 0.29) is 12.2 Å². The minimum atomic E-state index is -0.507. The highest BCUT2D eigenvalue weighted by molar-refractivity contribution is 7.80. The molecule has 0 aliphatic carbocycles. The van der Waals surface area contributed by atoms with Crippen molar-refractivity contribution in [1.29, 1.82) is 0 Å². The SMILES string of the molecule is COC(=O)N1CCN(c2ccc(N3CC(CNC(C)=S)OC3=O)cc2F)CC1. The first-order valence-electron chi connectivity index (χ1n) is 8.99. The Morgan fingerprint density at radius 3 is 2.68 bits per heavy atom. The van der Waals surface area contributed by atoms with Gasteiger partial charge in [0.1, 0.15) is 11.9 Å². The second-order valence-corrected chi connectivity index (χ2v) is 7.25. The van der Waals surface area contributed by atoms with Gasteiger partial charge in [0.2, 0.25) is 0 Å². The first-order chi connectivity index (χ1) is 13.4. The van der Waals surface area contributed by atoms with Crippen LogP contribution in [0, 0.1) is 5.82 Å². The Kier molecular flexibility index (Phi) is 6.18. The van der Waals surface area contributed by atoms with Crippen LogP contribution in [0.15, 0.2) is 18.2 Å². The van der Waals surface area contributed by atoms with Gasteiger partial charge in [0.25, 0.3) is 0 Å². The van der Waals surface area contributed by atoms with E-state index in [9.17, 15) is 14.0 Å². The molecule has 1 atom stereocenters. The van der Waals surface area contributed by atoms with Gasteiger partial charge in [0.05, 0.1) is 36.6 Å². The molecule has 28 heavy (non-hydrogen) atoms. The molecule has 1 aromatic rings. The van der Waals surface area contributed by atoms with Crippen molar-refractivity contribution >= 4 is 40.8 Å². The maximum absolute atomic E-state index is 14.7. The molecule has 3 rings (SSSR count). The number of rotatable bonds is 4. The topological polar surface area (TPSA) is 74.3 Å². The second-order valence-electron chi connectivity index (χ2n) is 6.63. The van der Waals surface area contributed by atoms with Crippen molar-refractivity contribution in [2.75, 3.05) is 56.2 Å². The highest BCUT2D eigenvalue weighted by Crippen LogP contribution is 2.28. The summed E-state index contributed by atoms with van der Waals surface area (Å²) in [6.07, 6.45) is -1.23. The van der Waals surface area contributed by atoms with Crippen LogP contribution in [-0.4, -0.2) is 74.6 Å². The molecule has 152 valence electrons. The van der Waals surface area contributed by atoms with Gasteiger partial charge in [0, 0.05) is 26.2 Å². The van der Waals surface area contributed by atoms with E-state index in [1.807, 2.05) is 4.90 Å². The number of methoxy groups -OCH3 is 1. The fourth-order valence-corrected chi connectivity index (χ4v) is 3.36. The number of amides is 2. The third-order valence-electron chi connectivity index (χ3n) is 4.75. The van der Waals surface area contributed by atoms with Crippen LogP contribution in [0.25, 0.3) is 0 Å². The lowest BCUT2D eigenvalue weighted by Gasteiger charge is -2.35. The Balaban J connectivity index is 1.64. The smallest absolute Gasteiger partial charge is 0.414 e. The molecule has 1 aromatic carbocycles. The van der Waals surface area contributed by atoms with E-state index < -0.39 is 11.9 Å². The lowest BCUT2D eigenvalue weighted by molar-refractivity contribution is 0.121. The number of benzene rings is 1. The van der Waals surface area contributed by atoms with E-state index >= 15 is 0 Å². The molecule has 0 spiro atoms. The number of hydrogen-bond donors (Lipinski definition) is 1. The quantitative estimate of drug-likeness (QED) is 0.761. The molecule has 2 aliphatic heterocycles. The van der Waals surface area contributed by atoms with E-state index in [2.05, 4.69) is 5.32 Å². The highest BCUT2D eigenvalue weighted by Gasteiger charge is 2.33. The van der Waals surface area contributed by atoms with Crippen LogP contribution in [0.5, 0.6) is 0 Å². The van der Waals surface area contributed by atoms with Crippen LogP contribution in [0.3, 0.4) is 0 Å². The largest absolute Gasteiger partial charge is 0.453 e. The minimum absolute atomic E-state index is 0.324. The Morgan fingerprint density at radius 2 is 2.07 bits per heavy atom. The van der Waals surface area contributed by atoms with Gasteiger partial charge in [-0.05, 0) is 25.1 Å². The molecular weight excluding hydrogens is 387 g/mol. The number of cyclic esters (lactones) is 1. The molecule has 0 radical (unpaired) electrons. The molecule has 0 saturated carbocycles. The van der Waals surface area contributed by atoms with Crippen molar-refractivity contribution in [3.05, 3.63) is 24.0 Å². The Labute approximate surface area is 168 Å². The number of hydrogen-bond acceptors (Lipinski definition) is 6. The van der Waals surface area contributed by atoms with Gasteiger partial charge in [-0.15, -0.1) is 0 Å². The van der Waals surface area contributed by atoms with Crippen LogP contribution in [-0.2, 0) is 9.47 Å². The molecule has 10 heteroatoms. The third-order valence-corrected chi connectivity index (χ3v) is 4.89.